The number of methoxy groups -OCH3 is 2. The number of anilines is 1. The van der Waals surface area contributed by atoms with Gasteiger partial charge in [-0.1, -0.05) is 6.07 Å². The van der Waals surface area contributed by atoms with E-state index in [4.69, 9.17) is 9.47 Å². The van der Waals surface area contributed by atoms with Crippen LogP contribution in [0, 0.1) is 5.82 Å². The van der Waals surface area contributed by atoms with Gasteiger partial charge >= 0.3 is 0 Å². The molecule has 0 heterocycles. The summed E-state index contributed by atoms with van der Waals surface area (Å²) in [5.41, 5.74) is 0.746. The predicted octanol–water partition coefficient (Wildman–Crippen LogP) is 2.49. The van der Waals surface area contributed by atoms with Gasteiger partial charge in [0.1, 0.15) is 23.9 Å². The van der Waals surface area contributed by atoms with Gasteiger partial charge in [0.2, 0.25) is 15.9 Å². The molecule has 1 N–H and O–H groups in total. The lowest BCUT2D eigenvalue weighted by molar-refractivity contribution is -0.120. The third kappa shape index (κ3) is 5.35. The van der Waals surface area contributed by atoms with Crippen LogP contribution in [0.2, 0.25) is 0 Å². The fourth-order valence-corrected chi connectivity index (χ4v) is 3.55. The zero-order valence-electron chi connectivity index (χ0n) is 16.1. The second-order valence-electron chi connectivity index (χ2n) is 6.15. The Balaban J connectivity index is 2.21. The minimum absolute atomic E-state index is 0.0734. The number of halogens is 1. The topological polar surface area (TPSA) is 84.9 Å². The van der Waals surface area contributed by atoms with Gasteiger partial charge in [0.15, 0.2) is 0 Å². The summed E-state index contributed by atoms with van der Waals surface area (Å²) in [6, 6.07) is 9.75. The van der Waals surface area contributed by atoms with Crippen molar-refractivity contribution in [3.63, 3.8) is 0 Å². The van der Waals surface area contributed by atoms with Gasteiger partial charge in [-0.25, -0.2) is 12.8 Å². The highest BCUT2D eigenvalue weighted by Gasteiger charge is 2.23. The molecule has 0 aliphatic carbocycles. The number of ether oxygens (including phenoxy) is 2. The fraction of sp³-hybridized carbons (Fsp3) is 0.316. The van der Waals surface area contributed by atoms with E-state index >= 15 is 0 Å². The Kier molecular flexibility index (Phi) is 6.85. The molecule has 2 aromatic carbocycles. The Hall–Kier alpha value is -2.81. The maximum absolute atomic E-state index is 13.5. The van der Waals surface area contributed by atoms with Crippen molar-refractivity contribution in [2.45, 2.75) is 13.0 Å². The molecule has 9 heteroatoms. The number of hydrogen-bond acceptors (Lipinski definition) is 5. The number of sulfonamides is 1. The van der Waals surface area contributed by atoms with Crippen molar-refractivity contribution in [2.75, 3.05) is 31.3 Å². The van der Waals surface area contributed by atoms with Gasteiger partial charge in [-0.2, -0.15) is 0 Å². The number of nitrogens with one attached hydrogen (secondary N) is 1. The number of amides is 1. The van der Waals surface area contributed by atoms with E-state index in [0.717, 1.165) is 16.6 Å². The molecule has 152 valence electrons. The van der Waals surface area contributed by atoms with E-state index in [1.807, 2.05) is 0 Å². The van der Waals surface area contributed by atoms with Crippen molar-refractivity contribution in [1.82, 2.24) is 5.32 Å². The maximum Gasteiger partial charge on any atom is 0.241 e. The fourth-order valence-electron chi connectivity index (χ4n) is 2.70. The van der Waals surface area contributed by atoms with E-state index in [0.29, 0.717) is 17.1 Å². The highest BCUT2D eigenvalue weighted by atomic mass is 32.2. The molecule has 1 atom stereocenters. The molecule has 7 nitrogen and oxygen atoms in total. The normalized spacial score (nSPS) is 12.2. The van der Waals surface area contributed by atoms with E-state index < -0.39 is 34.3 Å². The van der Waals surface area contributed by atoms with Crippen LogP contribution in [-0.4, -0.2) is 41.3 Å². The molecule has 0 spiro atoms. The Bertz CT molecular complexity index is 949. The molecule has 0 fully saturated rings. The first-order valence-electron chi connectivity index (χ1n) is 8.40. The van der Waals surface area contributed by atoms with E-state index in [1.165, 1.54) is 32.4 Å². The van der Waals surface area contributed by atoms with Crippen molar-refractivity contribution >= 4 is 21.6 Å². The smallest absolute Gasteiger partial charge is 0.241 e. The van der Waals surface area contributed by atoms with Crippen LogP contribution < -0.4 is 19.1 Å². The molecule has 0 saturated carbocycles. The monoisotopic (exact) mass is 410 g/mol. The third-order valence-electron chi connectivity index (χ3n) is 4.06. The SMILES string of the molecule is COc1ccc(OC)c([C@@H](C)NC(=O)CN(c2cccc(F)c2)S(C)(=O)=O)c1. The molecule has 2 aromatic rings. The zero-order chi connectivity index (χ0) is 20.9. The van der Waals surface area contributed by atoms with E-state index in [-0.39, 0.29) is 5.69 Å². The molecule has 0 unspecified atom stereocenters. The average Bonchev–Trinajstić information content (AvgIpc) is 2.64. The molecular weight excluding hydrogens is 387 g/mol. The standard InChI is InChI=1S/C19H23FN2O5S/c1-13(17-11-16(26-2)8-9-18(17)27-3)21-19(23)12-22(28(4,24)25)15-7-5-6-14(20)10-15/h5-11,13H,12H2,1-4H3,(H,21,23)/t13-/m1/s1. The van der Waals surface area contributed by atoms with Crippen molar-refractivity contribution in [3.05, 3.63) is 53.8 Å². The van der Waals surface area contributed by atoms with Crippen LogP contribution in [0.1, 0.15) is 18.5 Å². The number of benzene rings is 2. The lowest BCUT2D eigenvalue weighted by atomic mass is 10.1. The van der Waals surface area contributed by atoms with Crippen LogP contribution in [0.25, 0.3) is 0 Å². The van der Waals surface area contributed by atoms with Crippen LogP contribution in [0.5, 0.6) is 11.5 Å². The summed E-state index contributed by atoms with van der Waals surface area (Å²) in [6.07, 6.45) is 0.958. The van der Waals surface area contributed by atoms with Crippen molar-refractivity contribution in [3.8, 4) is 11.5 Å². The summed E-state index contributed by atoms with van der Waals surface area (Å²) in [4.78, 5) is 12.5. The second kappa shape index (κ2) is 8.92. The van der Waals surface area contributed by atoms with Gasteiger partial charge in [0.25, 0.3) is 0 Å². The summed E-state index contributed by atoms with van der Waals surface area (Å²) in [5, 5.41) is 2.73. The summed E-state index contributed by atoms with van der Waals surface area (Å²) in [7, 11) is -0.758. The van der Waals surface area contributed by atoms with Crippen LogP contribution in [0.4, 0.5) is 10.1 Å². The van der Waals surface area contributed by atoms with Gasteiger partial charge in [-0.15, -0.1) is 0 Å². The van der Waals surface area contributed by atoms with Gasteiger partial charge in [-0.3, -0.25) is 9.10 Å². The summed E-state index contributed by atoms with van der Waals surface area (Å²) in [6.45, 7) is 1.25. The van der Waals surface area contributed by atoms with Gasteiger partial charge in [0, 0.05) is 5.56 Å². The second-order valence-corrected chi connectivity index (χ2v) is 8.05. The Morgan fingerprint density at radius 2 is 1.89 bits per heavy atom. The zero-order valence-corrected chi connectivity index (χ0v) is 16.9. The molecule has 0 aromatic heterocycles. The maximum atomic E-state index is 13.5. The van der Waals surface area contributed by atoms with Gasteiger partial charge in [0.05, 0.1) is 32.2 Å². The van der Waals surface area contributed by atoms with E-state index in [9.17, 15) is 17.6 Å². The van der Waals surface area contributed by atoms with Crippen molar-refractivity contribution < 1.29 is 27.1 Å². The quantitative estimate of drug-likeness (QED) is 0.723. The molecule has 0 aliphatic heterocycles. The Labute approximate surface area is 164 Å². The predicted molar refractivity (Wildman–Crippen MR) is 105 cm³/mol. The molecule has 0 radical (unpaired) electrons. The third-order valence-corrected chi connectivity index (χ3v) is 5.21. The molecule has 28 heavy (non-hydrogen) atoms. The van der Waals surface area contributed by atoms with E-state index in [1.54, 1.807) is 25.1 Å². The number of rotatable bonds is 8. The highest BCUT2D eigenvalue weighted by molar-refractivity contribution is 7.92. The highest BCUT2D eigenvalue weighted by Crippen LogP contribution is 2.29. The average molecular weight is 410 g/mol. The van der Waals surface area contributed by atoms with Crippen molar-refractivity contribution in [1.29, 1.82) is 0 Å². The largest absolute Gasteiger partial charge is 0.497 e. The van der Waals surface area contributed by atoms with E-state index in [2.05, 4.69) is 5.32 Å². The summed E-state index contributed by atoms with van der Waals surface area (Å²) < 4.78 is 49.1. The molecular formula is C19H23FN2O5S. The van der Waals surface area contributed by atoms with Gasteiger partial charge < -0.3 is 14.8 Å². The van der Waals surface area contributed by atoms with Crippen LogP contribution >= 0.6 is 0 Å². The van der Waals surface area contributed by atoms with Gasteiger partial charge in [-0.05, 0) is 43.3 Å². The molecule has 0 saturated heterocycles. The van der Waals surface area contributed by atoms with Crippen molar-refractivity contribution in [2.24, 2.45) is 0 Å². The number of hydrogen-bond donors (Lipinski definition) is 1. The Morgan fingerprint density at radius 1 is 1.18 bits per heavy atom. The molecule has 1 amide bonds. The molecule has 0 bridgehead atoms. The van der Waals surface area contributed by atoms with Crippen LogP contribution in [-0.2, 0) is 14.8 Å². The number of carbonyl (C=O) groups is 1. The number of nitrogens with zero attached hydrogens (tertiary/aromatic N) is 1. The Morgan fingerprint density at radius 3 is 2.46 bits per heavy atom. The lowest BCUT2D eigenvalue weighted by Gasteiger charge is -2.24. The van der Waals surface area contributed by atoms with Crippen LogP contribution in [0.15, 0.2) is 42.5 Å². The molecule has 2 rings (SSSR count). The molecule has 0 aliphatic rings. The minimum Gasteiger partial charge on any atom is -0.497 e. The first kappa shape index (κ1) is 21.5. The first-order valence-corrected chi connectivity index (χ1v) is 10.2. The minimum atomic E-state index is -3.79. The summed E-state index contributed by atoms with van der Waals surface area (Å²) >= 11 is 0. The summed E-state index contributed by atoms with van der Waals surface area (Å²) in [5.74, 6) is 0.00113. The lowest BCUT2D eigenvalue weighted by Crippen LogP contribution is -2.41. The first-order chi connectivity index (χ1) is 13.2. The number of carbonyl (C=O) groups excluding carboxylic acids is 1. The van der Waals surface area contributed by atoms with Crippen LogP contribution in [0.3, 0.4) is 0 Å².